The van der Waals surface area contributed by atoms with Crippen molar-refractivity contribution < 1.29 is 28.8 Å². The molecule has 0 radical (unpaired) electrons. The number of nitrogens with two attached hydrogens (primary N) is 1. The Kier molecular flexibility index (Phi) is 11.7. The first-order valence-electron chi connectivity index (χ1n) is 11.8. The minimum atomic E-state index is -3.78. The third-order valence-electron chi connectivity index (χ3n) is 5.94. The smallest absolute Gasteiger partial charge is 0.341 e. The summed E-state index contributed by atoms with van der Waals surface area (Å²) in [4.78, 5) is 14.8. The monoisotopic (exact) mass is 458 g/mol. The molecule has 1 unspecified atom stereocenters. The van der Waals surface area contributed by atoms with Crippen LogP contribution in [0.15, 0.2) is 12.7 Å². The van der Waals surface area contributed by atoms with Crippen molar-refractivity contribution in [1.29, 1.82) is 0 Å². The van der Waals surface area contributed by atoms with Gasteiger partial charge in [0.15, 0.2) is 0 Å². The first kappa shape index (κ1) is 26.0. The molecule has 1 aromatic heterocycles. The molecule has 0 aromatic carbocycles. The lowest BCUT2D eigenvalue weighted by atomic mass is 9.91. The van der Waals surface area contributed by atoms with E-state index in [0.717, 1.165) is 12.1 Å². The number of quaternary nitrogens is 1. The third kappa shape index (κ3) is 9.00. The highest BCUT2D eigenvalue weighted by Crippen LogP contribution is 2.53. The molecule has 0 bridgehead atoms. The largest absolute Gasteiger partial charge is 0.549 e. The van der Waals surface area contributed by atoms with Crippen molar-refractivity contribution in [1.82, 2.24) is 14.8 Å². The van der Waals surface area contributed by atoms with Crippen molar-refractivity contribution in [3.8, 4) is 0 Å². The van der Waals surface area contributed by atoms with E-state index in [-0.39, 0.29) is 19.8 Å². The Balaban J connectivity index is 0.000000231. The number of carboxylic acids is 1. The van der Waals surface area contributed by atoms with E-state index in [4.69, 9.17) is 9.05 Å². The van der Waals surface area contributed by atoms with Gasteiger partial charge in [0, 0.05) is 0 Å². The van der Waals surface area contributed by atoms with Gasteiger partial charge < -0.3 is 24.3 Å². The summed E-state index contributed by atoms with van der Waals surface area (Å²) in [7, 11) is -3.78. The van der Waals surface area contributed by atoms with Gasteiger partial charge in [-0.1, -0.05) is 12.8 Å². The Labute approximate surface area is 185 Å². The summed E-state index contributed by atoms with van der Waals surface area (Å²) in [6.07, 6.45) is 17.5. The number of carboxylic acid groups (broad SMARTS) is 1. The third-order valence-corrected chi connectivity index (χ3v) is 8.32. The Bertz CT molecular complexity index is 635. The molecule has 1 aromatic rings. The van der Waals surface area contributed by atoms with Crippen molar-refractivity contribution in [2.24, 2.45) is 0 Å². The molecule has 1 heterocycles. The predicted octanol–water partition coefficient (Wildman–Crippen LogP) is 1.88. The van der Waals surface area contributed by atoms with Gasteiger partial charge in [0.1, 0.15) is 18.3 Å². The van der Waals surface area contributed by atoms with Crippen LogP contribution < -0.4 is 10.4 Å². The Morgan fingerprint density at radius 2 is 1.58 bits per heavy atom. The van der Waals surface area contributed by atoms with Crippen LogP contribution in [0.2, 0.25) is 0 Å². The van der Waals surface area contributed by atoms with E-state index < -0.39 is 19.2 Å². The molecule has 2 saturated carbocycles. The van der Waals surface area contributed by atoms with Gasteiger partial charge in [0.05, 0.1) is 37.8 Å². The first-order chi connectivity index (χ1) is 15.0. The molecular weight excluding hydrogens is 419 g/mol. The number of carbonyl (C=O) groups is 1. The van der Waals surface area contributed by atoms with E-state index in [2.05, 4.69) is 15.4 Å². The van der Waals surface area contributed by atoms with Crippen LogP contribution in [0.3, 0.4) is 0 Å². The highest BCUT2D eigenvalue weighted by Gasteiger charge is 2.37. The average molecular weight is 459 g/mol. The summed E-state index contributed by atoms with van der Waals surface area (Å²) in [6.45, 7) is 3.19. The highest BCUT2D eigenvalue weighted by molar-refractivity contribution is 7.55. The SMILES string of the molecule is C1CCC([NH2+]C2CCCCC2)CC1.CCOP(=O)(OCC)C(Cn1cncn1)C(=O)[O-]. The lowest BCUT2D eigenvalue weighted by Gasteiger charge is -2.27. The van der Waals surface area contributed by atoms with Crippen LogP contribution in [0, 0.1) is 0 Å². The molecule has 2 fully saturated rings. The van der Waals surface area contributed by atoms with Gasteiger partial charge in [-0.15, -0.1) is 0 Å². The van der Waals surface area contributed by atoms with Crippen molar-refractivity contribution in [3.63, 3.8) is 0 Å². The van der Waals surface area contributed by atoms with Crippen LogP contribution in [0.1, 0.15) is 78.1 Å². The quantitative estimate of drug-likeness (QED) is 0.531. The molecule has 9 nitrogen and oxygen atoms in total. The molecule has 0 amide bonds. The van der Waals surface area contributed by atoms with E-state index in [1.807, 2.05) is 0 Å². The molecule has 2 N–H and O–H groups in total. The van der Waals surface area contributed by atoms with Crippen molar-refractivity contribution in [3.05, 3.63) is 12.7 Å². The average Bonchev–Trinajstić information content (AvgIpc) is 3.27. The minimum Gasteiger partial charge on any atom is -0.549 e. The van der Waals surface area contributed by atoms with E-state index in [1.165, 1.54) is 81.5 Å². The van der Waals surface area contributed by atoms with Crippen LogP contribution in [0.25, 0.3) is 0 Å². The maximum atomic E-state index is 12.4. The van der Waals surface area contributed by atoms with Crippen LogP contribution in [0.4, 0.5) is 0 Å². The summed E-state index contributed by atoms with van der Waals surface area (Å²) in [5.74, 6) is -1.50. The summed E-state index contributed by atoms with van der Waals surface area (Å²) in [5, 5.41) is 17.6. The van der Waals surface area contributed by atoms with Crippen molar-refractivity contribution >= 4 is 13.6 Å². The van der Waals surface area contributed by atoms with Crippen molar-refractivity contribution in [2.45, 2.75) is 102 Å². The Morgan fingerprint density at radius 1 is 1.06 bits per heavy atom. The number of rotatable bonds is 10. The van der Waals surface area contributed by atoms with Crippen LogP contribution >= 0.6 is 7.60 Å². The standard InChI is InChI=1S/C12H23N.C9H16N3O5P/c1-3-7-11(8-4-1)13-12-9-5-2-6-10-12;1-3-16-18(15,17-4-2)8(9(13)14)5-12-7-10-6-11-12/h11-13H,1-10H2;6-8H,3-5H2,1-2H3,(H,13,14). The number of aliphatic carboxylic acids is 1. The molecule has 0 saturated heterocycles. The molecule has 178 valence electrons. The highest BCUT2D eigenvalue weighted by atomic mass is 31.2. The number of nitrogens with zero attached hydrogens (tertiary/aromatic N) is 3. The summed E-state index contributed by atoms with van der Waals surface area (Å²) < 4.78 is 23.6. The fraction of sp³-hybridized carbons (Fsp3) is 0.857. The fourth-order valence-electron chi connectivity index (χ4n) is 4.42. The molecule has 3 rings (SSSR count). The number of carbonyl (C=O) groups excluding carboxylic acids is 1. The molecule has 2 aliphatic carbocycles. The van der Waals surface area contributed by atoms with Crippen LogP contribution in [-0.4, -0.2) is 51.7 Å². The lowest BCUT2D eigenvalue weighted by molar-refractivity contribution is -0.725. The van der Waals surface area contributed by atoms with Gasteiger partial charge in [-0.3, -0.25) is 9.25 Å². The molecule has 2 aliphatic rings. The first-order valence-corrected chi connectivity index (χ1v) is 13.4. The van der Waals surface area contributed by atoms with E-state index in [9.17, 15) is 14.5 Å². The maximum absolute atomic E-state index is 12.4. The normalized spacial score (nSPS) is 19.4. The second kappa shape index (κ2) is 14.0. The molecular formula is C21H39N4O5P. The molecule has 0 aliphatic heterocycles. The maximum Gasteiger partial charge on any atom is 0.341 e. The zero-order valence-corrected chi connectivity index (χ0v) is 19.9. The molecule has 31 heavy (non-hydrogen) atoms. The Hall–Kier alpha value is -1.28. The van der Waals surface area contributed by atoms with Gasteiger partial charge in [0.25, 0.3) is 0 Å². The summed E-state index contributed by atoms with van der Waals surface area (Å²) >= 11 is 0. The Morgan fingerprint density at radius 3 is 1.97 bits per heavy atom. The topological polar surface area (TPSA) is 123 Å². The van der Waals surface area contributed by atoms with Gasteiger partial charge >= 0.3 is 7.60 Å². The number of hydrogen-bond donors (Lipinski definition) is 1. The van der Waals surface area contributed by atoms with E-state index in [1.54, 1.807) is 13.8 Å². The van der Waals surface area contributed by atoms with Gasteiger partial charge in [-0.2, -0.15) is 5.10 Å². The van der Waals surface area contributed by atoms with Crippen LogP contribution in [0.5, 0.6) is 0 Å². The molecule has 10 heteroatoms. The lowest BCUT2D eigenvalue weighted by Crippen LogP contribution is -2.95. The number of hydrogen-bond acceptors (Lipinski definition) is 7. The summed E-state index contributed by atoms with van der Waals surface area (Å²) in [5.41, 5.74) is -1.42. The fourth-order valence-corrected chi connectivity index (χ4v) is 6.20. The van der Waals surface area contributed by atoms with E-state index in [0.29, 0.717) is 0 Å². The molecule has 1 atom stereocenters. The molecule has 0 spiro atoms. The second-order valence-corrected chi connectivity index (χ2v) is 10.5. The minimum absolute atomic E-state index is 0.0818. The van der Waals surface area contributed by atoms with Gasteiger partial charge in [-0.05, 0) is 65.2 Å². The van der Waals surface area contributed by atoms with Crippen LogP contribution in [-0.2, 0) is 25.0 Å². The van der Waals surface area contributed by atoms with Gasteiger partial charge in [0.2, 0.25) is 0 Å². The number of aromatic nitrogens is 3. The second-order valence-electron chi connectivity index (χ2n) is 8.32. The van der Waals surface area contributed by atoms with Gasteiger partial charge in [-0.25, -0.2) is 4.98 Å². The summed E-state index contributed by atoms with van der Waals surface area (Å²) in [6, 6.07) is 1.99. The van der Waals surface area contributed by atoms with Crippen molar-refractivity contribution in [2.75, 3.05) is 13.2 Å². The predicted molar refractivity (Wildman–Crippen MR) is 115 cm³/mol. The van der Waals surface area contributed by atoms with E-state index >= 15 is 0 Å². The zero-order valence-electron chi connectivity index (χ0n) is 19.0. The zero-order chi connectivity index (χ0) is 22.5.